The van der Waals surface area contributed by atoms with Crippen LogP contribution in [0, 0.1) is 5.41 Å². The topological polar surface area (TPSA) is 95.9 Å². The van der Waals surface area contributed by atoms with Crippen molar-refractivity contribution in [2.75, 3.05) is 13.2 Å². The van der Waals surface area contributed by atoms with E-state index in [2.05, 4.69) is 17.4 Å². The van der Waals surface area contributed by atoms with Crippen molar-refractivity contribution in [2.24, 2.45) is 5.41 Å². The Morgan fingerprint density at radius 3 is 1.91 bits per heavy atom. The van der Waals surface area contributed by atoms with Gasteiger partial charge in [-0.2, -0.15) is 0 Å². The number of carbonyl (C=O) groups excluding carboxylic acids is 2. The lowest BCUT2D eigenvalue weighted by atomic mass is 9.85. The van der Waals surface area contributed by atoms with Gasteiger partial charge in [-0.1, -0.05) is 69.3 Å². The number of rotatable bonds is 7. The van der Waals surface area contributed by atoms with Crippen molar-refractivity contribution >= 4 is 18.0 Å². The van der Waals surface area contributed by atoms with Gasteiger partial charge in [0.25, 0.3) is 0 Å². The highest BCUT2D eigenvalue weighted by Gasteiger charge is 2.43. The van der Waals surface area contributed by atoms with E-state index in [0.717, 1.165) is 22.3 Å². The number of carboxylic acids is 1. The number of hydrogen-bond donors (Lipinski definition) is 2. The van der Waals surface area contributed by atoms with Gasteiger partial charge in [-0.25, -0.2) is 9.59 Å². The van der Waals surface area contributed by atoms with Crippen LogP contribution >= 0.6 is 0 Å². The molecule has 2 aromatic rings. The van der Waals surface area contributed by atoms with Gasteiger partial charge in [-0.15, -0.1) is 0 Å². The number of amides is 2. The second-order valence-corrected chi connectivity index (χ2v) is 10.2. The highest BCUT2D eigenvalue weighted by atomic mass is 16.5. The third-order valence-electron chi connectivity index (χ3n) is 6.50. The fourth-order valence-electron chi connectivity index (χ4n) is 4.50. The van der Waals surface area contributed by atoms with Crippen LogP contribution in [-0.2, 0) is 14.3 Å². The van der Waals surface area contributed by atoms with Gasteiger partial charge in [0.15, 0.2) is 0 Å². The second-order valence-electron chi connectivity index (χ2n) is 10.2. The Kier molecular flexibility index (Phi) is 7.05. The Hall–Kier alpha value is -3.35. The van der Waals surface area contributed by atoms with Crippen molar-refractivity contribution < 1.29 is 24.2 Å². The summed E-state index contributed by atoms with van der Waals surface area (Å²) in [5.41, 5.74) is 2.37. The van der Waals surface area contributed by atoms with E-state index in [0.29, 0.717) is 0 Å². The van der Waals surface area contributed by atoms with Crippen molar-refractivity contribution in [3.05, 3.63) is 59.7 Å². The fraction of sp³-hybridized carbons (Fsp3) is 0.444. The maximum Gasteiger partial charge on any atom is 0.407 e. The number of benzene rings is 2. The number of ether oxygens (including phenoxy) is 1. The molecule has 2 N–H and O–H groups in total. The smallest absolute Gasteiger partial charge is 0.407 e. The summed E-state index contributed by atoms with van der Waals surface area (Å²) in [6.07, 6.45) is -0.709. The highest BCUT2D eigenvalue weighted by molar-refractivity contribution is 5.91. The molecular weight excluding hydrogens is 432 g/mol. The molecule has 0 heterocycles. The maximum absolute atomic E-state index is 13.4. The van der Waals surface area contributed by atoms with Crippen LogP contribution in [0.2, 0.25) is 0 Å². The third kappa shape index (κ3) is 4.79. The lowest BCUT2D eigenvalue weighted by molar-refractivity contribution is -0.158. The molecule has 34 heavy (non-hydrogen) atoms. The number of likely N-dealkylation sites (N-methyl/N-ethyl adjacent to an activating group) is 1. The number of hydrogen-bond acceptors (Lipinski definition) is 4. The van der Waals surface area contributed by atoms with Crippen LogP contribution < -0.4 is 5.32 Å². The molecule has 0 aromatic heterocycles. The van der Waals surface area contributed by atoms with Crippen molar-refractivity contribution in [3.8, 4) is 11.1 Å². The van der Waals surface area contributed by atoms with E-state index >= 15 is 0 Å². The van der Waals surface area contributed by atoms with Gasteiger partial charge in [0.1, 0.15) is 18.2 Å². The average molecular weight is 467 g/mol. The average Bonchev–Trinajstić information content (AvgIpc) is 3.09. The first kappa shape index (κ1) is 25.3. The zero-order valence-corrected chi connectivity index (χ0v) is 20.7. The molecule has 2 amide bonds. The number of alkyl carbamates (subject to hydrolysis) is 1. The maximum atomic E-state index is 13.4. The summed E-state index contributed by atoms with van der Waals surface area (Å²) in [6, 6.07) is 15.2. The van der Waals surface area contributed by atoms with Crippen molar-refractivity contribution in [1.29, 1.82) is 0 Å². The molecular formula is C27H34N2O5. The molecule has 0 aliphatic heterocycles. The van der Waals surface area contributed by atoms with Crippen LogP contribution in [0.3, 0.4) is 0 Å². The first-order valence-corrected chi connectivity index (χ1v) is 11.6. The Labute approximate surface area is 201 Å². The fourth-order valence-corrected chi connectivity index (χ4v) is 4.50. The van der Waals surface area contributed by atoms with E-state index in [4.69, 9.17) is 4.74 Å². The van der Waals surface area contributed by atoms with Crippen molar-refractivity contribution in [3.63, 3.8) is 0 Å². The van der Waals surface area contributed by atoms with Crippen LogP contribution in [-0.4, -0.2) is 52.7 Å². The summed E-state index contributed by atoms with van der Waals surface area (Å²) in [5.74, 6) is -1.67. The minimum Gasteiger partial charge on any atom is -0.480 e. The van der Waals surface area contributed by atoms with Crippen LogP contribution in [0.15, 0.2) is 48.5 Å². The summed E-state index contributed by atoms with van der Waals surface area (Å²) in [7, 11) is 0. The Balaban J connectivity index is 1.77. The van der Waals surface area contributed by atoms with Gasteiger partial charge in [0.05, 0.1) is 0 Å². The van der Waals surface area contributed by atoms with Gasteiger partial charge in [0, 0.05) is 12.5 Å². The van der Waals surface area contributed by atoms with E-state index in [1.807, 2.05) is 57.2 Å². The zero-order valence-electron chi connectivity index (χ0n) is 20.7. The summed E-state index contributed by atoms with van der Waals surface area (Å²) in [6.45, 7) is 10.5. The Morgan fingerprint density at radius 1 is 0.971 bits per heavy atom. The lowest BCUT2D eigenvalue weighted by Crippen LogP contribution is -2.61. The predicted octanol–water partition coefficient (Wildman–Crippen LogP) is 4.65. The molecule has 1 atom stereocenters. The largest absolute Gasteiger partial charge is 0.480 e. The van der Waals surface area contributed by atoms with Crippen LogP contribution in [0.1, 0.15) is 58.6 Å². The van der Waals surface area contributed by atoms with Crippen LogP contribution in [0.5, 0.6) is 0 Å². The Morgan fingerprint density at radius 2 is 1.47 bits per heavy atom. The van der Waals surface area contributed by atoms with Gasteiger partial charge in [-0.3, -0.25) is 4.79 Å². The molecule has 0 unspecified atom stereocenters. The number of carboxylic acid groups (broad SMARTS) is 1. The number of carbonyl (C=O) groups is 3. The van der Waals surface area contributed by atoms with Gasteiger partial charge in [-0.05, 0) is 48.4 Å². The summed E-state index contributed by atoms with van der Waals surface area (Å²) in [5, 5.41) is 12.3. The highest BCUT2D eigenvalue weighted by Crippen LogP contribution is 2.44. The third-order valence-corrected chi connectivity index (χ3v) is 6.50. The van der Waals surface area contributed by atoms with E-state index in [-0.39, 0.29) is 19.1 Å². The number of nitrogens with one attached hydrogen (secondary N) is 1. The molecule has 0 saturated heterocycles. The second kappa shape index (κ2) is 9.49. The number of nitrogens with zero attached hydrogens (tertiary/aromatic N) is 1. The molecule has 0 radical (unpaired) electrons. The normalized spacial score (nSPS) is 14.1. The van der Waals surface area contributed by atoms with Crippen molar-refractivity contribution in [2.45, 2.75) is 59.0 Å². The summed E-state index contributed by atoms with van der Waals surface area (Å²) >= 11 is 0. The molecule has 182 valence electrons. The first-order chi connectivity index (χ1) is 15.9. The minimum absolute atomic E-state index is 0.0972. The quantitative estimate of drug-likeness (QED) is 0.619. The van der Waals surface area contributed by atoms with E-state index in [9.17, 15) is 19.5 Å². The van der Waals surface area contributed by atoms with Crippen molar-refractivity contribution in [1.82, 2.24) is 10.2 Å². The number of aliphatic carboxylic acids is 1. The monoisotopic (exact) mass is 466 g/mol. The van der Waals surface area contributed by atoms with E-state index in [1.165, 1.54) is 18.7 Å². The number of fused-ring (bicyclic) bond motifs is 3. The molecule has 0 bridgehead atoms. The molecule has 7 nitrogen and oxygen atoms in total. The molecule has 3 rings (SSSR count). The molecule has 7 heteroatoms. The lowest BCUT2D eigenvalue weighted by Gasteiger charge is -2.40. The molecule has 1 aliphatic carbocycles. The molecule has 1 aliphatic rings. The Bertz CT molecular complexity index is 1040. The SMILES string of the molecule is CCN(C(=O)[C@H](NC(=O)OCC1c2ccccc2-c2ccccc21)C(C)(C)C)C(C)(C)C(=O)O. The molecule has 0 fully saturated rings. The predicted molar refractivity (Wildman–Crippen MR) is 131 cm³/mol. The summed E-state index contributed by atoms with van der Waals surface area (Å²) < 4.78 is 5.62. The zero-order chi connectivity index (χ0) is 25.3. The minimum atomic E-state index is -1.42. The van der Waals surface area contributed by atoms with E-state index in [1.54, 1.807) is 6.92 Å². The molecule has 0 spiro atoms. The van der Waals surface area contributed by atoms with Gasteiger partial charge < -0.3 is 20.1 Å². The molecule has 0 saturated carbocycles. The van der Waals surface area contributed by atoms with Crippen LogP contribution in [0.25, 0.3) is 11.1 Å². The standard InChI is InChI=1S/C27H34N2O5/c1-7-29(27(5,6)24(31)32)23(30)22(26(2,3)4)28-25(33)34-16-21-19-14-10-8-12-17(19)18-13-9-11-15-20(18)21/h8-15,21-22H,7,16H2,1-6H3,(H,28,33)(H,31,32)/t22-/m0/s1. The first-order valence-electron chi connectivity index (χ1n) is 11.6. The van der Waals surface area contributed by atoms with E-state index < -0.39 is 35.0 Å². The van der Waals surface area contributed by atoms with Gasteiger partial charge in [0.2, 0.25) is 5.91 Å². The molecule has 2 aromatic carbocycles. The van der Waals surface area contributed by atoms with Gasteiger partial charge >= 0.3 is 12.1 Å². The van der Waals surface area contributed by atoms with Crippen LogP contribution in [0.4, 0.5) is 4.79 Å². The summed E-state index contributed by atoms with van der Waals surface area (Å²) in [4.78, 5) is 39.3.